The first-order valence-corrected chi connectivity index (χ1v) is 6.81. The smallest absolute Gasteiger partial charge is 0.126 e. The number of hydrogen-bond donors (Lipinski definition) is 0. The molecule has 0 aliphatic rings. The first-order chi connectivity index (χ1) is 8.81. The molecule has 2 nitrogen and oxygen atoms in total. The van der Waals surface area contributed by atoms with Crippen LogP contribution in [0.15, 0.2) is 30.9 Å². The van der Waals surface area contributed by atoms with Crippen LogP contribution in [0.1, 0.15) is 38.7 Å². The van der Waals surface area contributed by atoms with Crippen molar-refractivity contribution in [1.29, 1.82) is 0 Å². The molecule has 0 spiro atoms. The summed E-state index contributed by atoms with van der Waals surface area (Å²) in [5, 5.41) is 0. The molecule has 0 heterocycles. The van der Waals surface area contributed by atoms with Crippen molar-refractivity contribution in [1.82, 2.24) is 0 Å². The van der Waals surface area contributed by atoms with Crippen LogP contribution in [0.25, 0.3) is 0 Å². The van der Waals surface area contributed by atoms with E-state index in [4.69, 9.17) is 9.47 Å². The Balaban J connectivity index is 2.72. The largest absolute Gasteiger partial charge is 0.493 e. The van der Waals surface area contributed by atoms with Crippen LogP contribution in [0.4, 0.5) is 0 Å². The predicted octanol–water partition coefficient (Wildman–Crippen LogP) is 4.38. The van der Waals surface area contributed by atoms with E-state index in [9.17, 15) is 0 Å². The van der Waals surface area contributed by atoms with Crippen LogP contribution in [0.2, 0.25) is 0 Å². The molecular formula is C16H24O2. The molecule has 0 amide bonds. The van der Waals surface area contributed by atoms with Gasteiger partial charge in [-0.05, 0) is 30.9 Å². The topological polar surface area (TPSA) is 18.5 Å². The maximum atomic E-state index is 5.76. The summed E-state index contributed by atoms with van der Waals surface area (Å²) < 4.78 is 11.5. The number of unbranched alkanes of at least 4 members (excludes halogenated alkanes) is 1. The van der Waals surface area contributed by atoms with E-state index >= 15 is 0 Å². The van der Waals surface area contributed by atoms with Crippen LogP contribution in [-0.2, 0) is 6.42 Å². The molecule has 0 bridgehead atoms. The third-order valence-corrected chi connectivity index (χ3v) is 2.63. The van der Waals surface area contributed by atoms with Gasteiger partial charge in [0.1, 0.15) is 11.5 Å². The lowest BCUT2D eigenvalue weighted by molar-refractivity contribution is 0.296. The Morgan fingerprint density at radius 1 is 1.11 bits per heavy atom. The predicted molar refractivity (Wildman–Crippen MR) is 76.5 cm³/mol. The number of hydrogen-bond acceptors (Lipinski definition) is 2. The zero-order valence-electron chi connectivity index (χ0n) is 11.6. The Kier molecular flexibility index (Phi) is 7.00. The highest BCUT2D eigenvalue weighted by atomic mass is 16.5. The first kappa shape index (κ1) is 14.6. The highest BCUT2D eigenvalue weighted by Gasteiger charge is 2.05. The summed E-state index contributed by atoms with van der Waals surface area (Å²) in [5.74, 6) is 1.81. The fourth-order valence-corrected chi connectivity index (χ4v) is 1.63. The Bertz CT molecular complexity index is 358. The van der Waals surface area contributed by atoms with Crippen LogP contribution in [-0.4, -0.2) is 13.2 Å². The summed E-state index contributed by atoms with van der Waals surface area (Å²) >= 11 is 0. The molecule has 1 aromatic rings. The Labute approximate surface area is 111 Å². The SMILES string of the molecule is C=CCc1ccc(OCCCC)cc1OCCC. The van der Waals surface area contributed by atoms with E-state index in [1.54, 1.807) is 0 Å². The third-order valence-electron chi connectivity index (χ3n) is 2.63. The summed E-state index contributed by atoms with van der Waals surface area (Å²) in [6, 6.07) is 6.06. The maximum Gasteiger partial charge on any atom is 0.126 e. The van der Waals surface area contributed by atoms with Gasteiger partial charge in [0.25, 0.3) is 0 Å². The molecule has 0 fully saturated rings. The van der Waals surface area contributed by atoms with Gasteiger partial charge >= 0.3 is 0 Å². The molecule has 0 aliphatic heterocycles. The van der Waals surface area contributed by atoms with E-state index in [1.807, 2.05) is 18.2 Å². The van der Waals surface area contributed by atoms with Crippen molar-refractivity contribution in [3.05, 3.63) is 36.4 Å². The van der Waals surface area contributed by atoms with Crippen LogP contribution in [0, 0.1) is 0 Å². The summed E-state index contributed by atoms with van der Waals surface area (Å²) in [4.78, 5) is 0. The van der Waals surface area contributed by atoms with Crippen molar-refractivity contribution >= 4 is 0 Å². The Hall–Kier alpha value is -1.44. The minimum atomic E-state index is 0.739. The van der Waals surface area contributed by atoms with Crippen molar-refractivity contribution < 1.29 is 9.47 Å². The second-order valence-corrected chi connectivity index (χ2v) is 4.31. The van der Waals surface area contributed by atoms with Gasteiger partial charge in [0.15, 0.2) is 0 Å². The molecule has 100 valence electrons. The van der Waals surface area contributed by atoms with Gasteiger partial charge in [-0.25, -0.2) is 0 Å². The number of allylic oxidation sites excluding steroid dienone is 1. The van der Waals surface area contributed by atoms with Crippen molar-refractivity contribution in [2.24, 2.45) is 0 Å². The molecule has 18 heavy (non-hydrogen) atoms. The van der Waals surface area contributed by atoms with E-state index in [0.29, 0.717) is 0 Å². The highest BCUT2D eigenvalue weighted by Crippen LogP contribution is 2.26. The van der Waals surface area contributed by atoms with Gasteiger partial charge < -0.3 is 9.47 Å². The lowest BCUT2D eigenvalue weighted by Gasteiger charge is -2.12. The van der Waals surface area contributed by atoms with Crippen LogP contribution in [0.3, 0.4) is 0 Å². The fraction of sp³-hybridized carbons (Fsp3) is 0.500. The number of ether oxygens (including phenoxy) is 2. The molecule has 0 N–H and O–H groups in total. The average molecular weight is 248 g/mol. The molecule has 0 unspecified atom stereocenters. The standard InChI is InChI=1S/C16H24O2/c1-4-7-12-17-15-10-9-14(8-5-2)16(13-15)18-11-6-3/h5,9-10,13H,2,4,6-8,11-12H2,1,3H3. The molecule has 2 heteroatoms. The molecule has 0 aliphatic carbocycles. The Morgan fingerprint density at radius 2 is 1.94 bits per heavy atom. The average Bonchev–Trinajstić information content (AvgIpc) is 2.39. The molecular weight excluding hydrogens is 224 g/mol. The minimum Gasteiger partial charge on any atom is -0.493 e. The van der Waals surface area contributed by atoms with Gasteiger partial charge in [0.05, 0.1) is 13.2 Å². The fourth-order valence-electron chi connectivity index (χ4n) is 1.63. The molecule has 0 atom stereocenters. The number of benzene rings is 1. The molecule has 0 saturated heterocycles. The minimum absolute atomic E-state index is 0.739. The highest BCUT2D eigenvalue weighted by molar-refractivity contribution is 5.41. The zero-order chi connectivity index (χ0) is 13.2. The van der Waals surface area contributed by atoms with Crippen molar-refractivity contribution in [2.45, 2.75) is 39.5 Å². The van der Waals surface area contributed by atoms with Gasteiger partial charge in [0, 0.05) is 6.07 Å². The van der Waals surface area contributed by atoms with E-state index in [1.165, 1.54) is 5.56 Å². The maximum absolute atomic E-state index is 5.76. The van der Waals surface area contributed by atoms with Crippen LogP contribution >= 0.6 is 0 Å². The lowest BCUT2D eigenvalue weighted by atomic mass is 10.1. The van der Waals surface area contributed by atoms with Crippen molar-refractivity contribution in [3.63, 3.8) is 0 Å². The molecule has 0 aromatic heterocycles. The summed E-state index contributed by atoms with van der Waals surface area (Å²) in [5.41, 5.74) is 1.17. The second-order valence-electron chi connectivity index (χ2n) is 4.31. The molecule has 0 saturated carbocycles. The quantitative estimate of drug-likeness (QED) is 0.477. The monoisotopic (exact) mass is 248 g/mol. The van der Waals surface area contributed by atoms with Crippen molar-refractivity contribution in [3.8, 4) is 11.5 Å². The van der Waals surface area contributed by atoms with Crippen LogP contribution < -0.4 is 9.47 Å². The summed E-state index contributed by atoms with van der Waals surface area (Å²) in [6.45, 7) is 9.55. The van der Waals surface area contributed by atoms with Gasteiger partial charge in [0.2, 0.25) is 0 Å². The zero-order valence-corrected chi connectivity index (χ0v) is 11.6. The van der Waals surface area contributed by atoms with Gasteiger partial charge in [-0.1, -0.05) is 32.4 Å². The third kappa shape index (κ3) is 4.82. The Morgan fingerprint density at radius 3 is 2.61 bits per heavy atom. The summed E-state index contributed by atoms with van der Waals surface area (Å²) in [6.07, 6.45) is 5.96. The molecule has 1 aromatic carbocycles. The van der Waals surface area contributed by atoms with E-state index in [2.05, 4.69) is 26.5 Å². The van der Waals surface area contributed by atoms with Gasteiger partial charge in [-0.15, -0.1) is 6.58 Å². The lowest BCUT2D eigenvalue weighted by Crippen LogP contribution is -2.01. The summed E-state index contributed by atoms with van der Waals surface area (Å²) in [7, 11) is 0. The number of rotatable bonds is 9. The van der Waals surface area contributed by atoms with Crippen LogP contribution in [0.5, 0.6) is 11.5 Å². The van der Waals surface area contributed by atoms with E-state index in [-0.39, 0.29) is 0 Å². The second kappa shape index (κ2) is 8.62. The van der Waals surface area contributed by atoms with Gasteiger partial charge in [-0.2, -0.15) is 0 Å². The molecule has 0 radical (unpaired) electrons. The van der Waals surface area contributed by atoms with E-state index < -0.39 is 0 Å². The first-order valence-electron chi connectivity index (χ1n) is 6.81. The van der Waals surface area contributed by atoms with E-state index in [0.717, 1.165) is 50.4 Å². The molecule has 1 rings (SSSR count). The normalized spacial score (nSPS) is 10.1. The van der Waals surface area contributed by atoms with Crippen molar-refractivity contribution in [2.75, 3.05) is 13.2 Å². The van der Waals surface area contributed by atoms with Gasteiger partial charge in [-0.3, -0.25) is 0 Å².